The first kappa shape index (κ1) is 53.5. The summed E-state index contributed by atoms with van der Waals surface area (Å²) in [6, 6.07) is -5.38. The van der Waals surface area contributed by atoms with Gasteiger partial charge in [-0.2, -0.15) is 0 Å². The molecule has 0 aliphatic carbocycles. The average molecular weight is 865 g/mol. The summed E-state index contributed by atoms with van der Waals surface area (Å²) in [5.74, 6) is -7.49. The van der Waals surface area contributed by atoms with E-state index in [2.05, 4.69) is 21.3 Å². The number of carboxylic acids is 4. The number of aliphatic hydroxyl groups is 4. The Bertz CT molecular complexity index is 1160. The Morgan fingerprint density at radius 3 is 0.650 bits per heavy atom. The molecule has 0 saturated carbocycles. The third-order valence-electron chi connectivity index (χ3n) is 9.92. The largest absolute Gasteiger partial charge is 0.480 e. The van der Waals surface area contributed by atoms with E-state index in [4.69, 9.17) is 20.4 Å². The normalized spacial score (nSPS) is 17.1. The van der Waals surface area contributed by atoms with Crippen molar-refractivity contribution >= 4 is 47.5 Å². The molecule has 1 fully saturated rings. The third-order valence-corrected chi connectivity index (χ3v) is 9.92. The lowest BCUT2D eigenvalue weighted by molar-refractivity contribution is -0.148. The maximum Gasteiger partial charge on any atom is 0.320 e. The van der Waals surface area contributed by atoms with Crippen molar-refractivity contribution in [2.75, 3.05) is 105 Å². The van der Waals surface area contributed by atoms with Crippen molar-refractivity contribution in [2.24, 2.45) is 0 Å². The molecule has 24 heteroatoms. The summed E-state index contributed by atoms with van der Waals surface area (Å²) in [7, 11) is 0. The van der Waals surface area contributed by atoms with Gasteiger partial charge in [0.2, 0.25) is 23.6 Å². The zero-order valence-electron chi connectivity index (χ0n) is 33.9. The fourth-order valence-electron chi connectivity index (χ4n) is 6.78. The molecule has 4 atom stereocenters. The SMILES string of the molecule is O=C(CCC(C(=O)O)N1CCN(C(CCC(=O)NCCO)C(=O)O)CCN(C(CCC(=O)NCCO)C(=O)O)CCN(C(CCC(=O)NCCO)C(=O)O)CC1)NCCO. The molecule has 0 aromatic rings. The molecule has 4 amide bonds. The quantitative estimate of drug-likeness (QED) is 0.0349. The number of carboxylic acid groups (broad SMARTS) is 4. The summed E-state index contributed by atoms with van der Waals surface area (Å²) in [5.41, 5.74) is 0. The monoisotopic (exact) mass is 864 g/mol. The van der Waals surface area contributed by atoms with E-state index in [-0.39, 0.29) is 156 Å². The number of nitrogens with one attached hydrogen (secondary N) is 4. The molecule has 0 radical (unpaired) electrons. The summed E-state index contributed by atoms with van der Waals surface area (Å²) < 4.78 is 0. The molecule has 24 nitrogen and oxygen atoms in total. The van der Waals surface area contributed by atoms with Crippen molar-refractivity contribution in [1.82, 2.24) is 40.9 Å². The molecule has 1 saturated heterocycles. The number of amides is 4. The van der Waals surface area contributed by atoms with Crippen LogP contribution in [-0.4, -0.2) is 237 Å². The lowest BCUT2D eigenvalue weighted by atomic mass is 10.1. The van der Waals surface area contributed by atoms with Crippen LogP contribution >= 0.6 is 0 Å². The second-order valence-corrected chi connectivity index (χ2v) is 14.0. The van der Waals surface area contributed by atoms with Crippen LogP contribution < -0.4 is 21.3 Å². The summed E-state index contributed by atoms with van der Waals surface area (Å²) in [5, 5.41) is 87.7. The fraction of sp³-hybridized carbons (Fsp3) is 0.778. The van der Waals surface area contributed by atoms with Gasteiger partial charge in [0.1, 0.15) is 24.2 Å². The molecule has 1 aliphatic rings. The minimum absolute atomic E-state index is 0.0654. The molecular weight excluding hydrogens is 800 g/mol. The van der Waals surface area contributed by atoms with Gasteiger partial charge in [0.05, 0.1) is 26.4 Å². The highest BCUT2D eigenvalue weighted by Gasteiger charge is 2.35. The molecule has 0 aromatic heterocycles. The molecule has 0 spiro atoms. The average Bonchev–Trinajstić information content (AvgIpc) is 3.19. The van der Waals surface area contributed by atoms with Crippen molar-refractivity contribution in [3.8, 4) is 0 Å². The van der Waals surface area contributed by atoms with Crippen molar-refractivity contribution in [3.63, 3.8) is 0 Å². The smallest absolute Gasteiger partial charge is 0.320 e. The Kier molecular flexibility index (Phi) is 27.1. The molecule has 12 N–H and O–H groups in total. The zero-order chi connectivity index (χ0) is 45.0. The van der Waals surface area contributed by atoms with Crippen molar-refractivity contribution < 1.29 is 79.2 Å². The highest BCUT2D eigenvalue weighted by Crippen LogP contribution is 2.18. The number of carbonyl (C=O) groups is 8. The maximum atomic E-state index is 12.8. The predicted molar refractivity (Wildman–Crippen MR) is 209 cm³/mol. The van der Waals surface area contributed by atoms with E-state index in [1.165, 1.54) is 19.6 Å². The van der Waals surface area contributed by atoms with Crippen LogP contribution in [0, 0.1) is 0 Å². The first-order valence-corrected chi connectivity index (χ1v) is 20.0. The van der Waals surface area contributed by atoms with Crippen molar-refractivity contribution in [1.29, 1.82) is 0 Å². The molecule has 1 rings (SSSR count). The second kappa shape index (κ2) is 30.5. The summed E-state index contributed by atoms with van der Waals surface area (Å²) in [6.07, 6.45) is -2.00. The Hall–Kier alpha value is -4.56. The number of hydrogen-bond acceptors (Lipinski definition) is 16. The summed E-state index contributed by atoms with van der Waals surface area (Å²) in [6.45, 7) is -2.89. The molecule has 1 aliphatic heterocycles. The first-order valence-electron chi connectivity index (χ1n) is 20.0. The molecule has 4 unspecified atom stereocenters. The predicted octanol–water partition coefficient (Wildman–Crippen LogP) is -5.42. The Balaban J connectivity index is 3.77. The van der Waals surface area contributed by atoms with E-state index in [0.717, 1.165) is 0 Å². The van der Waals surface area contributed by atoms with E-state index in [0.29, 0.717) is 0 Å². The number of nitrogens with zero attached hydrogens (tertiary/aromatic N) is 4. The van der Waals surface area contributed by atoms with Crippen LogP contribution in [0.25, 0.3) is 0 Å². The van der Waals surface area contributed by atoms with Gasteiger partial charge in [0.15, 0.2) is 0 Å². The van der Waals surface area contributed by atoms with Crippen molar-refractivity contribution in [3.05, 3.63) is 0 Å². The van der Waals surface area contributed by atoms with Gasteiger partial charge in [-0.15, -0.1) is 0 Å². The van der Waals surface area contributed by atoms with Crippen LogP contribution in [0.3, 0.4) is 0 Å². The van der Waals surface area contributed by atoms with Crippen LogP contribution in [0.15, 0.2) is 0 Å². The standard InChI is InChI=1S/C36H64N8O16/c45-21-9-37-29(49)5-1-25(33(53)54)41-13-15-42(26(34(55)56)2-6-30(50)38-10-22-46)17-19-44(28(36(59)60)4-8-32(52)40-12-24-48)20-18-43(16-14-41)27(35(57)58)3-7-31(51)39-11-23-47/h25-28,45-48H,1-24H2,(H,37,49)(H,38,50)(H,39,51)(H,40,52)(H,53,54)(H,55,56)(H,57,58)(H,59,60). The zero-order valence-corrected chi connectivity index (χ0v) is 33.9. The number of rotatable bonds is 28. The van der Waals surface area contributed by atoms with E-state index in [1.54, 1.807) is 0 Å². The van der Waals surface area contributed by atoms with E-state index >= 15 is 0 Å². The Labute approximate surface area is 347 Å². The highest BCUT2D eigenvalue weighted by atomic mass is 16.4. The number of carbonyl (C=O) groups excluding carboxylic acids is 4. The van der Waals surface area contributed by atoms with E-state index < -0.39 is 71.7 Å². The minimum atomic E-state index is -1.35. The molecular formula is C36H64N8O16. The lowest BCUT2D eigenvalue weighted by Crippen LogP contribution is -2.56. The van der Waals surface area contributed by atoms with Crippen LogP contribution in [-0.2, 0) is 38.4 Å². The highest BCUT2D eigenvalue weighted by molar-refractivity contribution is 5.80. The number of aliphatic hydroxyl groups excluding tert-OH is 4. The molecule has 0 bridgehead atoms. The van der Waals surface area contributed by atoms with Gasteiger partial charge >= 0.3 is 23.9 Å². The maximum absolute atomic E-state index is 12.8. The van der Waals surface area contributed by atoms with E-state index in [1.807, 2.05) is 0 Å². The van der Waals surface area contributed by atoms with Crippen LogP contribution in [0.1, 0.15) is 51.4 Å². The first-order chi connectivity index (χ1) is 28.6. The molecule has 0 aromatic carbocycles. The number of hydrogen-bond donors (Lipinski definition) is 12. The molecule has 344 valence electrons. The van der Waals surface area contributed by atoms with Crippen molar-refractivity contribution in [2.45, 2.75) is 75.5 Å². The van der Waals surface area contributed by atoms with Gasteiger partial charge in [0, 0.05) is 104 Å². The van der Waals surface area contributed by atoms with Gasteiger partial charge in [-0.25, -0.2) is 0 Å². The van der Waals surface area contributed by atoms with Gasteiger partial charge in [0.25, 0.3) is 0 Å². The van der Waals surface area contributed by atoms with E-state index in [9.17, 15) is 58.8 Å². The van der Waals surface area contributed by atoms with Crippen LogP contribution in [0.2, 0.25) is 0 Å². The molecule has 1 heterocycles. The number of aliphatic carboxylic acids is 4. The second-order valence-electron chi connectivity index (χ2n) is 14.0. The van der Waals surface area contributed by atoms with Gasteiger partial charge < -0.3 is 62.1 Å². The molecule has 60 heavy (non-hydrogen) atoms. The Morgan fingerprint density at radius 1 is 0.350 bits per heavy atom. The van der Waals surface area contributed by atoms with Gasteiger partial charge in [-0.05, 0) is 25.7 Å². The van der Waals surface area contributed by atoms with Gasteiger partial charge in [-0.3, -0.25) is 58.0 Å². The summed E-state index contributed by atoms with van der Waals surface area (Å²) in [4.78, 5) is 107. The lowest BCUT2D eigenvalue weighted by Gasteiger charge is -2.40. The van der Waals surface area contributed by atoms with Gasteiger partial charge in [-0.1, -0.05) is 0 Å². The van der Waals surface area contributed by atoms with Crippen LogP contribution in [0.4, 0.5) is 0 Å². The Morgan fingerprint density at radius 2 is 0.517 bits per heavy atom. The minimum Gasteiger partial charge on any atom is -0.480 e. The topological polar surface area (TPSA) is 359 Å². The third kappa shape index (κ3) is 21.1. The fourth-order valence-corrected chi connectivity index (χ4v) is 6.78. The van der Waals surface area contributed by atoms with Crippen LogP contribution in [0.5, 0.6) is 0 Å². The summed E-state index contributed by atoms with van der Waals surface area (Å²) >= 11 is 0.